The number of thiophene rings is 1. The second-order valence-corrected chi connectivity index (χ2v) is 6.54. The van der Waals surface area contributed by atoms with Crippen LogP contribution in [0, 0.1) is 0 Å². The first-order valence-corrected chi connectivity index (χ1v) is 7.89. The molecule has 0 amide bonds. The van der Waals surface area contributed by atoms with Gasteiger partial charge in [0.15, 0.2) is 11.5 Å². The van der Waals surface area contributed by atoms with Gasteiger partial charge in [-0.25, -0.2) is 9.97 Å². The number of aromatic amines is 1. The third-order valence-corrected chi connectivity index (χ3v) is 5.21. The summed E-state index contributed by atoms with van der Waals surface area (Å²) in [7, 11) is 0.562. The van der Waals surface area contributed by atoms with E-state index in [4.69, 9.17) is 4.74 Å². The van der Waals surface area contributed by atoms with Crippen molar-refractivity contribution < 1.29 is 8.95 Å². The third-order valence-electron chi connectivity index (χ3n) is 2.65. The molecule has 0 saturated heterocycles. The Morgan fingerprint density at radius 1 is 1.45 bits per heavy atom. The largest absolute Gasteiger partial charge is 0.495 e. The number of nitrogens with one attached hydrogen (secondary N) is 1. The Morgan fingerprint density at radius 3 is 2.90 bits per heavy atom. The number of aromatic nitrogens is 3. The van der Waals surface area contributed by atoms with Crippen LogP contribution in [-0.4, -0.2) is 32.5 Å². The number of ether oxygens (including phenoxy) is 1. The van der Waals surface area contributed by atoms with E-state index >= 15 is 0 Å². The van der Waals surface area contributed by atoms with Crippen molar-refractivity contribution in [2.45, 2.75) is 4.21 Å². The summed E-state index contributed by atoms with van der Waals surface area (Å²) in [6, 6.07) is 5.55. The van der Waals surface area contributed by atoms with Crippen LogP contribution in [-0.2, 0) is 10.8 Å². The summed E-state index contributed by atoms with van der Waals surface area (Å²) in [4.78, 5) is 12.7. The summed E-state index contributed by atoms with van der Waals surface area (Å²) in [5.74, 6) is 1.36. The van der Waals surface area contributed by atoms with E-state index in [2.05, 4.69) is 15.0 Å². The van der Waals surface area contributed by atoms with E-state index in [9.17, 15) is 4.21 Å². The number of halogens is 1. The van der Waals surface area contributed by atoms with E-state index in [1.807, 2.05) is 12.1 Å². The maximum atomic E-state index is 11.6. The Hall–Kier alpha value is -1.44. The molecule has 3 heterocycles. The van der Waals surface area contributed by atoms with E-state index in [-0.39, 0.29) is 12.4 Å². The van der Waals surface area contributed by atoms with Gasteiger partial charge in [-0.2, -0.15) is 0 Å². The van der Waals surface area contributed by atoms with Gasteiger partial charge < -0.3 is 9.72 Å². The lowest BCUT2D eigenvalue weighted by Gasteiger charge is -1.97. The smallest absolute Gasteiger partial charge is 0.178 e. The molecule has 0 spiro atoms. The minimum Gasteiger partial charge on any atom is -0.495 e. The second-order valence-electron chi connectivity index (χ2n) is 3.88. The number of nitrogens with zero attached hydrogens (tertiary/aromatic N) is 2. The van der Waals surface area contributed by atoms with Gasteiger partial charge in [0.25, 0.3) is 0 Å². The minimum absolute atomic E-state index is 0. The standard InChI is InChI=1S/C12H11N3O2S2.ClH/c1-17-8-6-9(19(2)16)18-10(8)12-14-7-4-3-5-13-11(7)15-12;/h3-6H,1-2H3,(H,13,14,15);1H. The van der Waals surface area contributed by atoms with Crippen molar-refractivity contribution in [1.29, 1.82) is 0 Å². The van der Waals surface area contributed by atoms with Crippen LogP contribution in [0.4, 0.5) is 0 Å². The SMILES string of the molecule is COc1cc(S(C)=O)sc1-c1nc2ncccc2[nH]1.Cl. The van der Waals surface area contributed by atoms with Crippen molar-refractivity contribution in [2.75, 3.05) is 13.4 Å². The molecule has 0 aliphatic heterocycles. The van der Waals surface area contributed by atoms with E-state index < -0.39 is 10.8 Å². The Morgan fingerprint density at radius 2 is 2.25 bits per heavy atom. The molecule has 0 aliphatic carbocycles. The Bertz CT molecular complexity index is 736. The number of fused-ring (bicyclic) bond motifs is 1. The number of pyridine rings is 1. The minimum atomic E-state index is -1.03. The molecule has 1 N–H and O–H groups in total. The fraction of sp³-hybridized carbons (Fsp3) is 0.167. The zero-order valence-corrected chi connectivity index (χ0v) is 13.2. The molecule has 8 heteroatoms. The second kappa shape index (κ2) is 5.90. The first kappa shape index (κ1) is 15.0. The highest BCUT2D eigenvalue weighted by Crippen LogP contribution is 2.38. The number of hydrogen-bond donors (Lipinski definition) is 1. The first-order valence-electron chi connectivity index (χ1n) is 5.51. The topological polar surface area (TPSA) is 67.9 Å². The van der Waals surface area contributed by atoms with Crippen molar-refractivity contribution in [3.63, 3.8) is 0 Å². The molecular weight excluding hydrogens is 318 g/mol. The van der Waals surface area contributed by atoms with Crippen molar-refractivity contribution in [3.05, 3.63) is 24.4 Å². The maximum Gasteiger partial charge on any atom is 0.178 e. The van der Waals surface area contributed by atoms with Crippen LogP contribution in [0.5, 0.6) is 5.75 Å². The lowest BCUT2D eigenvalue weighted by molar-refractivity contribution is 0.417. The zero-order chi connectivity index (χ0) is 13.4. The molecule has 3 aromatic heterocycles. The van der Waals surface area contributed by atoms with Crippen LogP contribution in [0.3, 0.4) is 0 Å². The van der Waals surface area contributed by atoms with Gasteiger partial charge in [-0.1, -0.05) is 0 Å². The number of H-pyrrole nitrogens is 1. The summed E-state index contributed by atoms with van der Waals surface area (Å²) in [5, 5.41) is 0. The normalized spacial score (nSPS) is 12.1. The number of methoxy groups -OCH3 is 1. The molecule has 0 fully saturated rings. The van der Waals surface area contributed by atoms with Crippen LogP contribution in [0.1, 0.15) is 0 Å². The third kappa shape index (κ3) is 2.56. The van der Waals surface area contributed by atoms with E-state index in [0.717, 1.165) is 14.6 Å². The van der Waals surface area contributed by atoms with Gasteiger partial charge in [-0.3, -0.25) is 4.21 Å². The average Bonchev–Trinajstić information content (AvgIpc) is 3.01. The lowest BCUT2D eigenvalue weighted by Crippen LogP contribution is -1.83. The molecule has 20 heavy (non-hydrogen) atoms. The lowest BCUT2D eigenvalue weighted by atomic mass is 10.4. The highest BCUT2D eigenvalue weighted by atomic mass is 35.5. The van der Waals surface area contributed by atoms with Gasteiger partial charge >= 0.3 is 0 Å². The van der Waals surface area contributed by atoms with Crippen molar-refractivity contribution in [1.82, 2.24) is 15.0 Å². The summed E-state index contributed by atoms with van der Waals surface area (Å²) >= 11 is 1.41. The number of rotatable bonds is 3. The fourth-order valence-corrected chi connectivity index (χ4v) is 3.56. The van der Waals surface area contributed by atoms with E-state index in [0.29, 0.717) is 17.2 Å². The summed E-state index contributed by atoms with van der Waals surface area (Å²) in [5.41, 5.74) is 1.53. The molecule has 0 radical (unpaired) electrons. The molecule has 5 nitrogen and oxygen atoms in total. The summed E-state index contributed by atoms with van der Waals surface area (Å²) in [6.07, 6.45) is 3.35. The molecule has 3 aromatic rings. The van der Waals surface area contributed by atoms with Crippen LogP contribution >= 0.6 is 23.7 Å². The van der Waals surface area contributed by atoms with Crippen LogP contribution in [0.15, 0.2) is 28.6 Å². The van der Waals surface area contributed by atoms with Gasteiger partial charge in [0.05, 0.1) is 27.6 Å². The first-order chi connectivity index (χ1) is 9.19. The van der Waals surface area contributed by atoms with Crippen LogP contribution in [0.25, 0.3) is 21.9 Å². The van der Waals surface area contributed by atoms with E-state index in [1.165, 1.54) is 11.3 Å². The van der Waals surface area contributed by atoms with Gasteiger partial charge in [0.2, 0.25) is 0 Å². The van der Waals surface area contributed by atoms with Gasteiger partial charge in [0, 0.05) is 18.5 Å². The number of hydrogen-bond acceptors (Lipinski definition) is 5. The summed E-state index contributed by atoms with van der Waals surface area (Å²) < 4.78 is 17.6. The Kier molecular flexibility index (Phi) is 4.42. The highest BCUT2D eigenvalue weighted by molar-refractivity contribution is 7.86. The van der Waals surface area contributed by atoms with Gasteiger partial charge in [0.1, 0.15) is 10.6 Å². The highest BCUT2D eigenvalue weighted by Gasteiger charge is 2.17. The molecule has 0 aliphatic rings. The zero-order valence-electron chi connectivity index (χ0n) is 10.7. The molecule has 1 atom stereocenters. The van der Waals surface area contributed by atoms with Gasteiger partial charge in [-0.15, -0.1) is 23.7 Å². The van der Waals surface area contributed by atoms with Crippen LogP contribution < -0.4 is 4.74 Å². The van der Waals surface area contributed by atoms with Crippen molar-refractivity contribution >= 4 is 45.7 Å². The molecular formula is C12H12ClN3O2S2. The fourth-order valence-electron chi connectivity index (χ4n) is 1.76. The average molecular weight is 330 g/mol. The molecule has 3 rings (SSSR count). The Labute approximate surface area is 128 Å². The molecule has 0 saturated carbocycles. The van der Waals surface area contributed by atoms with Crippen LogP contribution in [0.2, 0.25) is 0 Å². The predicted molar refractivity (Wildman–Crippen MR) is 83.3 cm³/mol. The number of imidazole rings is 1. The molecule has 1 unspecified atom stereocenters. The molecule has 106 valence electrons. The molecule has 0 bridgehead atoms. The van der Waals surface area contributed by atoms with Crippen molar-refractivity contribution in [3.8, 4) is 16.5 Å². The molecule has 0 aromatic carbocycles. The maximum absolute atomic E-state index is 11.6. The monoisotopic (exact) mass is 329 g/mol. The van der Waals surface area contributed by atoms with E-state index in [1.54, 1.807) is 25.6 Å². The summed E-state index contributed by atoms with van der Waals surface area (Å²) in [6.45, 7) is 0. The van der Waals surface area contributed by atoms with Crippen molar-refractivity contribution in [2.24, 2.45) is 0 Å². The quantitative estimate of drug-likeness (QED) is 0.802. The Balaban J connectivity index is 0.00000147. The predicted octanol–water partition coefficient (Wildman–Crippen LogP) is 2.85. The van der Waals surface area contributed by atoms with Gasteiger partial charge in [-0.05, 0) is 12.1 Å².